The number of aryl methyl sites for hydroxylation is 1. The molecule has 0 radical (unpaired) electrons. The second kappa shape index (κ2) is 14.4. The van der Waals surface area contributed by atoms with E-state index in [1.165, 1.54) is 12.1 Å². The number of carbonyl (C=O) groups is 2. The van der Waals surface area contributed by atoms with E-state index >= 15 is 4.39 Å². The lowest BCUT2D eigenvalue weighted by atomic mass is 10.0. The minimum atomic E-state index is -1.07. The van der Waals surface area contributed by atoms with Gasteiger partial charge in [-0.15, -0.1) is 0 Å². The Balaban J connectivity index is 1.41. The highest BCUT2D eigenvalue weighted by atomic mass is 19.1. The van der Waals surface area contributed by atoms with E-state index in [1.54, 1.807) is 35.8 Å². The lowest BCUT2D eigenvalue weighted by molar-refractivity contribution is -0.138. The molecule has 10 heteroatoms. The van der Waals surface area contributed by atoms with Crippen LogP contribution in [0.3, 0.4) is 0 Å². The number of halogens is 3. The molecule has 43 heavy (non-hydrogen) atoms. The van der Waals surface area contributed by atoms with Crippen LogP contribution in [0, 0.1) is 24.4 Å². The highest BCUT2D eigenvalue weighted by Crippen LogP contribution is 2.33. The van der Waals surface area contributed by atoms with Crippen molar-refractivity contribution in [2.75, 3.05) is 13.2 Å². The van der Waals surface area contributed by atoms with Crippen molar-refractivity contribution in [1.82, 2.24) is 4.57 Å². The van der Waals surface area contributed by atoms with Gasteiger partial charge in [-0.1, -0.05) is 30.4 Å². The molecule has 4 rings (SSSR count). The summed E-state index contributed by atoms with van der Waals surface area (Å²) in [5.41, 5.74) is 3.11. The summed E-state index contributed by atoms with van der Waals surface area (Å²) in [5.74, 6) is -3.73. The van der Waals surface area contributed by atoms with E-state index in [4.69, 9.17) is 14.6 Å². The van der Waals surface area contributed by atoms with Crippen LogP contribution in [0.15, 0.2) is 54.6 Å². The van der Waals surface area contributed by atoms with E-state index in [0.717, 1.165) is 17.7 Å². The van der Waals surface area contributed by atoms with Gasteiger partial charge in [0.2, 0.25) is 0 Å². The Kier molecular flexibility index (Phi) is 10.5. The zero-order valence-electron chi connectivity index (χ0n) is 23.6. The predicted octanol–water partition coefficient (Wildman–Crippen LogP) is 7.27. The summed E-state index contributed by atoms with van der Waals surface area (Å²) < 4.78 is 54.8. The molecule has 0 aliphatic carbocycles. The largest absolute Gasteiger partial charge is 0.494 e. The zero-order valence-corrected chi connectivity index (χ0v) is 23.6. The third-order valence-electron chi connectivity index (χ3n) is 6.99. The number of carboxylic acids is 2. The number of hydrogen-bond donors (Lipinski definition) is 2. The minimum absolute atomic E-state index is 0.0723. The van der Waals surface area contributed by atoms with Crippen molar-refractivity contribution in [3.63, 3.8) is 0 Å². The molecule has 0 spiro atoms. The van der Waals surface area contributed by atoms with Crippen LogP contribution in [0.5, 0.6) is 11.5 Å². The van der Waals surface area contributed by atoms with Crippen LogP contribution in [0.1, 0.15) is 48.1 Å². The first-order valence-corrected chi connectivity index (χ1v) is 13.9. The topological polar surface area (TPSA) is 98.0 Å². The van der Waals surface area contributed by atoms with Crippen LogP contribution >= 0.6 is 0 Å². The maximum atomic E-state index is 15.1. The molecule has 0 bridgehead atoms. The number of fused-ring (bicyclic) bond motifs is 1. The normalized spacial score (nSPS) is 11.3. The van der Waals surface area contributed by atoms with Crippen molar-refractivity contribution in [1.29, 1.82) is 0 Å². The molecule has 2 N–H and O–H groups in total. The predicted molar refractivity (Wildman–Crippen MR) is 157 cm³/mol. The Bertz CT molecular complexity index is 1610. The van der Waals surface area contributed by atoms with Gasteiger partial charge in [0.1, 0.15) is 18.1 Å². The van der Waals surface area contributed by atoms with Gasteiger partial charge in [-0.05, 0) is 85.7 Å². The third-order valence-corrected chi connectivity index (χ3v) is 6.99. The van der Waals surface area contributed by atoms with Crippen molar-refractivity contribution in [3.05, 3.63) is 94.4 Å². The summed E-state index contributed by atoms with van der Waals surface area (Å²) >= 11 is 0. The summed E-state index contributed by atoms with van der Waals surface area (Å²) in [6, 6.07) is 13.8. The molecule has 3 aromatic carbocycles. The van der Waals surface area contributed by atoms with E-state index in [2.05, 4.69) is 0 Å². The molecule has 1 aromatic heterocycles. The second-order valence-electron chi connectivity index (χ2n) is 10.0. The quantitative estimate of drug-likeness (QED) is 0.111. The molecule has 0 saturated carbocycles. The molecule has 7 nitrogen and oxygen atoms in total. The molecule has 0 aliphatic rings. The Labute approximate surface area is 246 Å². The van der Waals surface area contributed by atoms with Crippen molar-refractivity contribution >= 4 is 35.0 Å². The molecule has 226 valence electrons. The van der Waals surface area contributed by atoms with Crippen LogP contribution in [0.25, 0.3) is 23.1 Å². The van der Waals surface area contributed by atoms with Crippen molar-refractivity contribution in [3.8, 4) is 11.5 Å². The van der Waals surface area contributed by atoms with Crippen LogP contribution in [0.2, 0.25) is 0 Å². The number of hydrogen-bond acceptors (Lipinski definition) is 4. The molecule has 0 aliphatic heterocycles. The maximum Gasteiger partial charge on any atom is 0.323 e. The number of nitrogens with zero attached hydrogens (tertiary/aromatic N) is 1. The van der Waals surface area contributed by atoms with E-state index in [9.17, 15) is 23.5 Å². The molecule has 0 amide bonds. The Hall–Kier alpha value is -4.73. The van der Waals surface area contributed by atoms with Crippen molar-refractivity contribution in [2.45, 2.75) is 45.6 Å². The minimum Gasteiger partial charge on any atom is -0.494 e. The number of carboxylic acid groups (broad SMARTS) is 2. The Morgan fingerprint density at radius 1 is 0.814 bits per heavy atom. The fraction of sp³-hybridized carbons (Fsp3) is 0.273. The summed E-state index contributed by atoms with van der Waals surface area (Å²) in [6.07, 6.45) is 5.32. The van der Waals surface area contributed by atoms with Crippen LogP contribution < -0.4 is 9.47 Å². The number of benzene rings is 3. The van der Waals surface area contributed by atoms with E-state index in [0.29, 0.717) is 65.8 Å². The maximum absolute atomic E-state index is 15.1. The third kappa shape index (κ3) is 7.97. The van der Waals surface area contributed by atoms with Gasteiger partial charge in [0, 0.05) is 17.5 Å². The van der Waals surface area contributed by atoms with Crippen LogP contribution in [-0.4, -0.2) is 39.9 Å². The highest BCUT2D eigenvalue weighted by Gasteiger charge is 2.21. The Morgan fingerprint density at radius 2 is 1.49 bits per heavy atom. The first kappa shape index (κ1) is 31.2. The molecule has 0 atom stereocenters. The van der Waals surface area contributed by atoms with Gasteiger partial charge in [0.05, 0.1) is 18.7 Å². The van der Waals surface area contributed by atoms with Crippen LogP contribution in [-0.2, 0) is 22.6 Å². The molecular formula is C33H32F3NO6. The number of unbranched alkanes of at least 4 members (excludes halogenated alkanes) is 1. The zero-order chi connectivity index (χ0) is 30.9. The van der Waals surface area contributed by atoms with Gasteiger partial charge in [0.15, 0.2) is 17.4 Å². The first-order chi connectivity index (χ1) is 20.7. The van der Waals surface area contributed by atoms with E-state index in [1.807, 2.05) is 18.2 Å². The summed E-state index contributed by atoms with van der Waals surface area (Å²) in [6.45, 7) is 1.91. The number of para-hydroxylation sites is 1. The molecule has 0 fully saturated rings. The monoisotopic (exact) mass is 595 g/mol. The smallest absolute Gasteiger partial charge is 0.323 e. The number of aromatic nitrogens is 1. The fourth-order valence-corrected chi connectivity index (χ4v) is 4.91. The van der Waals surface area contributed by atoms with Gasteiger partial charge in [-0.3, -0.25) is 9.59 Å². The van der Waals surface area contributed by atoms with Gasteiger partial charge in [-0.2, -0.15) is 0 Å². The lowest BCUT2D eigenvalue weighted by Gasteiger charge is -2.09. The highest BCUT2D eigenvalue weighted by molar-refractivity contribution is 5.95. The second-order valence-corrected chi connectivity index (χ2v) is 10.0. The number of aliphatic carboxylic acids is 2. The van der Waals surface area contributed by atoms with E-state index in [-0.39, 0.29) is 25.3 Å². The summed E-state index contributed by atoms with van der Waals surface area (Å²) in [5, 5.41) is 18.8. The summed E-state index contributed by atoms with van der Waals surface area (Å²) in [4.78, 5) is 22.6. The van der Waals surface area contributed by atoms with Crippen LogP contribution in [0.4, 0.5) is 13.2 Å². The average Bonchev–Trinajstić information content (AvgIpc) is 3.23. The van der Waals surface area contributed by atoms with E-state index < -0.39 is 29.4 Å². The Morgan fingerprint density at radius 3 is 2.14 bits per heavy atom. The summed E-state index contributed by atoms with van der Waals surface area (Å²) in [7, 11) is 0. The molecule has 0 unspecified atom stereocenters. The molecule has 4 aromatic rings. The van der Waals surface area contributed by atoms with Gasteiger partial charge < -0.3 is 24.3 Å². The van der Waals surface area contributed by atoms with Crippen molar-refractivity contribution < 1.29 is 42.4 Å². The molecule has 0 saturated heterocycles. The van der Waals surface area contributed by atoms with Gasteiger partial charge in [-0.25, -0.2) is 13.2 Å². The molecule has 1 heterocycles. The lowest BCUT2D eigenvalue weighted by Crippen LogP contribution is -2.10. The number of ether oxygens (including phenoxy) is 2. The standard InChI is InChI=1S/C33H32F3NO6/c1-21-25(6-4-9-29(38)39)31-26(34)17-14-23(32(31)37(21)20-30(40)41)13-10-22-11-15-24(16-12-22)42-18-2-3-19-43-33-27(35)7-5-8-28(33)36/h5,7-8,10-17H,2-4,6,9,18-20H2,1H3,(H,38,39)(H,40,41)/b13-10+. The SMILES string of the molecule is Cc1c(CCCC(=O)O)c2c(F)ccc(/C=C/c3ccc(OCCCCOc4c(F)cccc4F)cc3)c2n1CC(=O)O. The number of rotatable bonds is 15. The van der Waals surface area contributed by atoms with Gasteiger partial charge in [0.25, 0.3) is 0 Å². The fourth-order valence-electron chi connectivity index (χ4n) is 4.91. The first-order valence-electron chi connectivity index (χ1n) is 13.9. The van der Waals surface area contributed by atoms with Crippen molar-refractivity contribution in [2.24, 2.45) is 0 Å². The van der Waals surface area contributed by atoms with Gasteiger partial charge >= 0.3 is 11.9 Å². The average molecular weight is 596 g/mol. The molecular weight excluding hydrogens is 563 g/mol.